The number of halogens is 14. The van der Waals surface area contributed by atoms with Crippen molar-refractivity contribution >= 4 is 137 Å². The van der Waals surface area contributed by atoms with Crippen LogP contribution in [0.2, 0.25) is 20.1 Å². The van der Waals surface area contributed by atoms with E-state index in [1.54, 1.807) is 98.5 Å². The number of fused-ring (bicyclic) bond motifs is 4. The van der Waals surface area contributed by atoms with Crippen molar-refractivity contribution in [2.24, 2.45) is 11.8 Å². The molecule has 0 bridgehead atoms. The van der Waals surface area contributed by atoms with E-state index in [2.05, 4.69) is 112 Å². The average molecular weight is 1740 g/mol. The Balaban J connectivity index is 0.000000425. The molecule has 12 aromatic rings. The zero-order chi connectivity index (χ0) is 84.8. The third-order valence-corrected chi connectivity index (χ3v) is 19.3. The van der Waals surface area contributed by atoms with Crippen molar-refractivity contribution in [1.29, 1.82) is 0 Å². The van der Waals surface area contributed by atoms with E-state index in [1.165, 1.54) is 29.7 Å². The highest BCUT2D eigenvalue weighted by molar-refractivity contribution is 6.32. The van der Waals surface area contributed by atoms with Crippen molar-refractivity contribution in [3.63, 3.8) is 0 Å². The summed E-state index contributed by atoms with van der Waals surface area (Å²) in [6.45, 7) is 9.72. The monoisotopic (exact) mass is 1740 g/mol. The smallest absolute Gasteiger partial charge is 0.358 e. The summed E-state index contributed by atoms with van der Waals surface area (Å²) in [4.78, 5) is 117. The van der Waals surface area contributed by atoms with Crippen molar-refractivity contribution in [2.45, 2.75) is 129 Å². The Morgan fingerprint density at radius 2 is 0.814 bits per heavy atom. The molecule has 4 amide bonds. The van der Waals surface area contributed by atoms with Crippen molar-refractivity contribution in [3.8, 4) is 45.6 Å². The van der Waals surface area contributed by atoms with Gasteiger partial charge in [0.25, 0.3) is 0 Å². The minimum absolute atomic E-state index is 0. The molecule has 0 radical (unpaired) electrons. The summed E-state index contributed by atoms with van der Waals surface area (Å²) in [5, 5.41) is 21.0. The van der Waals surface area contributed by atoms with Gasteiger partial charge in [-0.1, -0.05) is 81.0 Å². The summed E-state index contributed by atoms with van der Waals surface area (Å²) < 4.78 is 126. The van der Waals surface area contributed by atoms with Crippen molar-refractivity contribution < 1.29 is 74.5 Å². The number of hydrogen-bond acceptors (Lipinski definition) is 20. The van der Waals surface area contributed by atoms with E-state index in [0.717, 1.165) is 46.4 Å². The van der Waals surface area contributed by atoms with Gasteiger partial charge in [-0.25, -0.2) is 64.2 Å². The molecule has 0 unspecified atom stereocenters. The molecule has 10 N–H and O–H groups in total. The summed E-state index contributed by atoms with van der Waals surface area (Å²) in [5.74, 6) is 0.584. The van der Waals surface area contributed by atoms with E-state index in [4.69, 9.17) is 46.4 Å². The van der Waals surface area contributed by atoms with E-state index in [1.807, 2.05) is 26.8 Å². The first-order chi connectivity index (χ1) is 56.2. The van der Waals surface area contributed by atoms with Crippen LogP contribution in [-0.4, -0.2) is 185 Å². The van der Waals surface area contributed by atoms with E-state index < -0.39 is 99.1 Å². The molecule has 0 aliphatic carbocycles. The predicted molar refractivity (Wildman–Crippen MR) is 445 cm³/mol. The molecule has 0 saturated carbocycles. The summed E-state index contributed by atoms with van der Waals surface area (Å²) in [7, 11) is 0. The number of carbonyl (C=O) groups excluding carboxylic acids is 4. The van der Waals surface area contributed by atoms with E-state index in [-0.39, 0.29) is 46.8 Å². The molecule has 12 aromatic heterocycles. The molecule has 42 heteroatoms. The van der Waals surface area contributed by atoms with Gasteiger partial charge >= 0.3 is 18.5 Å². The molecule has 2 saturated heterocycles. The van der Waals surface area contributed by atoms with Gasteiger partial charge in [-0.2, -0.15) is 39.5 Å². The van der Waals surface area contributed by atoms with Crippen molar-refractivity contribution in [3.05, 3.63) is 143 Å². The first-order valence-electron chi connectivity index (χ1n) is 37.1. The number of aromatic nitrogens is 16. The van der Waals surface area contributed by atoms with Crippen LogP contribution in [0.3, 0.4) is 0 Å². The molecular weight excluding hydrogens is 1640 g/mol. The molecule has 2 fully saturated rings. The number of hydrogen-bond donors (Lipinski definition) is 10. The molecule has 2 aliphatic heterocycles. The first-order valence-corrected chi connectivity index (χ1v) is 38.6. The minimum atomic E-state index is -4.37. The van der Waals surface area contributed by atoms with E-state index in [9.17, 15) is 63.1 Å². The van der Waals surface area contributed by atoms with Gasteiger partial charge in [-0.3, -0.25) is 19.2 Å². The number of amides is 4. The van der Waals surface area contributed by atoms with Crippen LogP contribution in [0.4, 0.5) is 67.2 Å². The minimum Gasteiger partial charge on any atom is -0.358 e. The highest BCUT2D eigenvalue weighted by Gasteiger charge is 2.37. The summed E-state index contributed by atoms with van der Waals surface area (Å²) >= 11 is 24.2. The van der Waals surface area contributed by atoms with Crippen molar-refractivity contribution in [1.82, 2.24) is 101 Å². The van der Waals surface area contributed by atoms with Crippen LogP contribution in [0.1, 0.15) is 97.4 Å². The molecule has 640 valence electrons. The van der Waals surface area contributed by atoms with Crippen molar-refractivity contribution in [2.75, 3.05) is 59.7 Å². The van der Waals surface area contributed by atoms with Crippen LogP contribution in [0, 0.1) is 17.7 Å². The van der Waals surface area contributed by atoms with Crippen LogP contribution in [0.15, 0.2) is 117 Å². The number of alkyl halides is 9. The Morgan fingerprint density at radius 3 is 1.19 bits per heavy atom. The number of anilines is 4. The number of nitrogens with one attached hydrogen (secondary N) is 10. The van der Waals surface area contributed by atoms with Gasteiger partial charge in [-0.05, 0) is 86.4 Å². The Morgan fingerprint density at radius 1 is 0.466 bits per heavy atom. The molecule has 28 nitrogen and oxygen atoms in total. The second-order valence-corrected chi connectivity index (χ2v) is 29.6. The lowest BCUT2D eigenvalue weighted by molar-refractivity contribution is -0.137. The lowest BCUT2D eigenvalue weighted by atomic mass is 10.0. The quantitative estimate of drug-likeness (QED) is 0.0251. The Kier molecular flexibility index (Phi) is 28.8. The van der Waals surface area contributed by atoms with Crippen LogP contribution in [0.5, 0.6) is 0 Å². The first kappa shape index (κ1) is 87.5. The highest BCUT2D eigenvalue weighted by Crippen LogP contribution is 2.36. The standard InChI is InChI=1S/C19H17ClF4N6O.C19H18ClF3N6O.C19H20ClF3N6O.C19H23ClN6O.8H2/c20-10-6-11-12(8-27-15(11)26-7-10)16-28-9-13(21)17(29-16)30-5-1-2-14(30)18(31)25-4-3-19(22,23)24;20-11-8-12-13(10-27-16(12)26-9-11)17-24-5-3-15(28-17)29-7-1-2-14(29)18(30)25-6-4-19(21,22)23;1-10(2)15(18(30)25-6-4-19(21,22)23)28-14-3-5-24-17(29-14)13-9-27-16-12(13)7-11(20)8-26-16;1-4-6-22-19(27)16(11(2)3)25-15-5-7-21-18(26-15)14-10-24-17-13(14)8-12(20)9-23-17;;;;;;;;/h6-9,14H,1-5H2,(H,25,31)(H,26,27);3,5,8-10,14H,1-2,4,6-7H2,(H,25,30)(H,26,27);3,5,7-10,15H,4,6H2,1-2H3,(H,25,30)(H,26,27)(H,24,28,29);5,7-11,16H,4,6H2,1-3H3,(H,22,27)(H,23,24)(H,21,25,26);8*1H/t2*14-;15-;16-;;;;;;;;/m1111......../s1. The van der Waals surface area contributed by atoms with Gasteiger partial charge in [-0.15, -0.1) is 0 Å². The molecule has 2 aliphatic rings. The zero-order valence-electron chi connectivity index (χ0n) is 63.5. The lowest BCUT2D eigenvalue weighted by Gasteiger charge is -2.25. The second kappa shape index (κ2) is 38.8. The topological polar surface area (TPSA) is 365 Å². The van der Waals surface area contributed by atoms with Gasteiger partial charge in [0.1, 0.15) is 64.2 Å². The number of aromatic amines is 4. The Hall–Kier alpha value is -11.4. The average Bonchev–Trinajstić information content (AvgIpc) is 1.60. The van der Waals surface area contributed by atoms with Gasteiger partial charge in [0.15, 0.2) is 34.9 Å². The maximum atomic E-state index is 14.6. The summed E-state index contributed by atoms with van der Waals surface area (Å²) in [6, 6.07) is 9.51. The zero-order valence-corrected chi connectivity index (χ0v) is 66.5. The fraction of sp³-hybridized carbons (Fsp3) is 0.368. The lowest BCUT2D eigenvalue weighted by Crippen LogP contribution is -2.44. The van der Waals surface area contributed by atoms with E-state index >= 15 is 0 Å². The predicted octanol–water partition coefficient (Wildman–Crippen LogP) is 17.3. The molecule has 118 heavy (non-hydrogen) atoms. The van der Waals surface area contributed by atoms with Crippen LogP contribution >= 0.6 is 46.4 Å². The molecule has 14 heterocycles. The number of carbonyl (C=O) groups is 4. The molecule has 14 rings (SSSR count). The Labute approximate surface area is 698 Å². The van der Waals surface area contributed by atoms with Gasteiger partial charge in [0.05, 0.1) is 45.5 Å². The normalized spacial score (nSPS) is 14.8. The SMILES string of the molecule is CC(C)[C@@H](Nc1ccnc(-c2c[nH]c3ncc(Cl)cc23)n1)C(=O)NCCC(F)(F)F.CCCNC(=O)[C@H](Nc1ccnc(-c2c[nH]c3ncc(Cl)cc23)n1)C(C)C.O=C(NCCC(F)(F)F)[C@H]1CCCN1c1ccnc(-c2c[nH]c3ncc(Cl)cc23)n1.O=C(NCCC(F)(F)F)[C@H]1CCCN1c1nc(-c2c[nH]c3ncc(Cl)cc23)ncc1F.[HH].[HH].[HH].[HH].[HH].[HH].[HH].[HH]. The van der Waals surface area contributed by atoms with Crippen LogP contribution < -0.4 is 41.7 Å². The number of nitrogens with zero attached hydrogens (tertiary/aromatic N) is 14. The number of pyridine rings is 4. The van der Waals surface area contributed by atoms with Crippen LogP contribution in [0.25, 0.3) is 89.7 Å². The van der Waals surface area contributed by atoms with E-state index in [0.29, 0.717) is 133 Å². The molecule has 0 aromatic carbocycles. The summed E-state index contributed by atoms with van der Waals surface area (Å²) in [6.07, 6.45) is 5.64. The van der Waals surface area contributed by atoms with Gasteiger partial charge in [0.2, 0.25) is 23.6 Å². The maximum absolute atomic E-state index is 14.6. The molecular formula is C76H94Cl4F10N24O4. The Bertz CT molecular complexity index is 5510. The molecule has 0 spiro atoms. The third-order valence-electron chi connectivity index (χ3n) is 18.5. The van der Waals surface area contributed by atoms with Crippen LogP contribution in [-0.2, 0) is 19.2 Å². The fourth-order valence-electron chi connectivity index (χ4n) is 12.8. The molecule has 4 atom stereocenters. The van der Waals surface area contributed by atoms with Gasteiger partial charge < -0.3 is 61.6 Å². The maximum Gasteiger partial charge on any atom is 0.390 e. The number of H-pyrrole nitrogens is 4. The van der Waals surface area contributed by atoms with Gasteiger partial charge in [0, 0.05) is 163 Å². The fourth-order valence-corrected chi connectivity index (χ4v) is 13.4. The highest BCUT2D eigenvalue weighted by atomic mass is 35.5. The third kappa shape index (κ3) is 23.1. The largest absolute Gasteiger partial charge is 0.390 e. The number of rotatable bonds is 24. The second-order valence-electron chi connectivity index (χ2n) is 27.8. The summed E-state index contributed by atoms with van der Waals surface area (Å²) in [5.41, 5.74) is 5.29.